The molecule has 22 heavy (non-hydrogen) atoms. The molecule has 1 aromatic carbocycles. The van der Waals surface area contributed by atoms with Crippen LogP contribution in [0.4, 0.5) is 0 Å². The van der Waals surface area contributed by atoms with Gasteiger partial charge in [0.15, 0.2) is 5.79 Å². The average molecular weight is 323 g/mol. The number of imidazole rings is 1. The summed E-state index contributed by atoms with van der Waals surface area (Å²) < 4.78 is 13.9. The van der Waals surface area contributed by atoms with E-state index < -0.39 is 5.79 Å². The molecule has 1 N–H and O–H groups in total. The first-order valence-corrected chi connectivity index (χ1v) is 7.65. The van der Waals surface area contributed by atoms with E-state index >= 15 is 0 Å². The van der Waals surface area contributed by atoms with E-state index in [1.54, 1.807) is 6.20 Å². The molecule has 2 unspecified atom stereocenters. The minimum Gasteiger partial charge on any atom is -0.394 e. The summed E-state index contributed by atoms with van der Waals surface area (Å²) in [5.41, 5.74) is 0.905. The van der Waals surface area contributed by atoms with Crippen LogP contribution in [0.2, 0.25) is 5.02 Å². The summed E-state index contributed by atoms with van der Waals surface area (Å²) in [7, 11) is 1.96. The third-order valence-corrected chi connectivity index (χ3v) is 4.20. The van der Waals surface area contributed by atoms with Crippen molar-refractivity contribution in [2.45, 2.75) is 24.7 Å². The molecule has 1 aliphatic heterocycles. The van der Waals surface area contributed by atoms with E-state index in [9.17, 15) is 5.11 Å². The van der Waals surface area contributed by atoms with Gasteiger partial charge in [0.25, 0.3) is 0 Å². The Hall–Kier alpha value is -1.40. The number of ether oxygens (including phenoxy) is 2. The molecule has 0 aliphatic carbocycles. The normalized spacial score (nSPS) is 24.8. The van der Waals surface area contributed by atoms with Gasteiger partial charge < -0.3 is 19.1 Å². The SMILES string of the molecule is Cn1ccnc1CCC1(c2ccc(Cl)cc2)OCC(CO)O1. The van der Waals surface area contributed by atoms with Gasteiger partial charge in [-0.05, 0) is 12.1 Å². The van der Waals surface area contributed by atoms with Gasteiger partial charge in [0.05, 0.1) is 13.2 Å². The number of hydrogen-bond donors (Lipinski definition) is 1. The monoisotopic (exact) mass is 322 g/mol. The molecule has 1 aromatic heterocycles. The quantitative estimate of drug-likeness (QED) is 0.917. The topological polar surface area (TPSA) is 56.5 Å². The summed E-state index contributed by atoms with van der Waals surface area (Å²) in [5, 5.41) is 10.0. The molecule has 2 aromatic rings. The Labute approximate surface area is 134 Å². The molecule has 2 heterocycles. The highest BCUT2D eigenvalue weighted by atomic mass is 35.5. The Kier molecular flexibility index (Phi) is 4.49. The number of hydrogen-bond acceptors (Lipinski definition) is 4. The van der Waals surface area contributed by atoms with Crippen LogP contribution in [0.3, 0.4) is 0 Å². The van der Waals surface area contributed by atoms with Crippen molar-refractivity contribution in [3.8, 4) is 0 Å². The summed E-state index contributed by atoms with van der Waals surface area (Å²) in [4.78, 5) is 4.34. The fourth-order valence-electron chi connectivity index (χ4n) is 2.70. The van der Waals surface area contributed by atoms with Crippen LogP contribution in [0.15, 0.2) is 36.7 Å². The van der Waals surface area contributed by atoms with Crippen LogP contribution >= 0.6 is 11.6 Å². The van der Waals surface area contributed by atoms with E-state index in [-0.39, 0.29) is 12.7 Å². The molecular formula is C16H19ClN2O3. The summed E-state index contributed by atoms with van der Waals surface area (Å²) in [6.45, 7) is 0.317. The average Bonchev–Trinajstić information content (AvgIpc) is 3.13. The summed E-state index contributed by atoms with van der Waals surface area (Å²) in [6, 6.07) is 7.44. The van der Waals surface area contributed by atoms with Crippen LogP contribution in [0.25, 0.3) is 0 Å². The Bertz CT molecular complexity index is 629. The van der Waals surface area contributed by atoms with E-state index in [1.165, 1.54) is 0 Å². The van der Waals surface area contributed by atoms with Crippen molar-refractivity contribution in [2.24, 2.45) is 7.05 Å². The fourth-order valence-corrected chi connectivity index (χ4v) is 2.83. The molecule has 0 saturated carbocycles. The molecule has 6 heteroatoms. The second-order valence-electron chi connectivity index (χ2n) is 5.45. The van der Waals surface area contributed by atoms with Crippen LogP contribution in [0.5, 0.6) is 0 Å². The van der Waals surface area contributed by atoms with Gasteiger partial charge in [-0.25, -0.2) is 4.98 Å². The number of benzene rings is 1. The van der Waals surface area contributed by atoms with Crippen molar-refractivity contribution in [3.05, 3.63) is 53.1 Å². The molecule has 1 aliphatic rings. The number of aryl methyl sites for hydroxylation is 2. The van der Waals surface area contributed by atoms with Gasteiger partial charge in [0.1, 0.15) is 11.9 Å². The van der Waals surface area contributed by atoms with Crippen molar-refractivity contribution >= 4 is 11.6 Å². The van der Waals surface area contributed by atoms with Gasteiger partial charge in [0.2, 0.25) is 0 Å². The largest absolute Gasteiger partial charge is 0.394 e. The maximum absolute atomic E-state index is 9.34. The van der Waals surface area contributed by atoms with Crippen LogP contribution in [-0.2, 0) is 28.7 Å². The molecule has 3 rings (SSSR count). The number of halogens is 1. The minimum atomic E-state index is -0.857. The molecule has 1 saturated heterocycles. The van der Waals surface area contributed by atoms with Gasteiger partial charge in [-0.1, -0.05) is 23.7 Å². The van der Waals surface area contributed by atoms with E-state index in [4.69, 9.17) is 21.1 Å². The summed E-state index contributed by atoms with van der Waals surface area (Å²) in [5.74, 6) is 0.109. The molecule has 2 atom stereocenters. The van der Waals surface area contributed by atoms with Crippen molar-refractivity contribution < 1.29 is 14.6 Å². The van der Waals surface area contributed by atoms with E-state index in [2.05, 4.69) is 4.98 Å². The Balaban J connectivity index is 1.84. The van der Waals surface area contributed by atoms with Crippen molar-refractivity contribution in [1.29, 1.82) is 0 Å². The number of nitrogens with zero attached hydrogens (tertiary/aromatic N) is 2. The number of rotatable bonds is 5. The minimum absolute atomic E-state index is 0.0578. The summed E-state index contributed by atoms with van der Waals surface area (Å²) >= 11 is 5.96. The zero-order valence-corrected chi connectivity index (χ0v) is 13.2. The molecule has 5 nitrogen and oxygen atoms in total. The second kappa shape index (κ2) is 6.38. The molecular weight excluding hydrogens is 304 g/mol. The lowest BCUT2D eigenvalue weighted by Crippen LogP contribution is -2.30. The number of aliphatic hydroxyl groups is 1. The molecule has 0 amide bonds. The number of aliphatic hydroxyl groups excluding tert-OH is 1. The Morgan fingerprint density at radius 1 is 1.41 bits per heavy atom. The predicted octanol–water partition coefficient (Wildman–Crippen LogP) is 2.27. The van der Waals surface area contributed by atoms with E-state index in [0.717, 1.165) is 11.4 Å². The second-order valence-corrected chi connectivity index (χ2v) is 5.88. The lowest BCUT2D eigenvalue weighted by Gasteiger charge is -2.28. The molecule has 0 spiro atoms. The maximum atomic E-state index is 9.34. The molecule has 0 bridgehead atoms. The van der Waals surface area contributed by atoms with E-state index in [0.29, 0.717) is 24.5 Å². The summed E-state index contributed by atoms with van der Waals surface area (Å²) in [6.07, 6.45) is 4.71. The third kappa shape index (κ3) is 3.03. The van der Waals surface area contributed by atoms with Gasteiger partial charge >= 0.3 is 0 Å². The third-order valence-electron chi connectivity index (χ3n) is 3.95. The highest BCUT2D eigenvalue weighted by Crippen LogP contribution is 2.38. The van der Waals surface area contributed by atoms with Gasteiger partial charge in [0, 0.05) is 42.9 Å². The first kappa shape index (κ1) is 15.5. The first-order valence-electron chi connectivity index (χ1n) is 7.28. The van der Waals surface area contributed by atoms with Crippen LogP contribution in [0, 0.1) is 0 Å². The van der Waals surface area contributed by atoms with Gasteiger partial charge in [-0.15, -0.1) is 0 Å². The predicted molar refractivity (Wildman–Crippen MR) is 82.6 cm³/mol. The van der Waals surface area contributed by atoms with Gasteiger partial charge in [-0.3, -0.25) is 0 Å². The fraction of sp³-hybridized carbons (Fsp3) is 0.438. The molecule has 0 radical (unpaired) electrons. The smallest absolute Gasteiger partial charge is 0.195 e. The number of aromatic nitrogens is 2. The van der Waals surface area contributed by atoms with Crippen molar-refractivity contribution in [3.63, 3.8) is 0 Å². The Morgan fingerprint density at radius 2 is 2.18 bits per heavy atom. The first-order chi connectivity index (χ1) is 10.6. The van der Waals surface area contributed by atoms with Crippen molar-refractivity contribution in [2.75, 3.05) is 13.2 Å². The molecule has 1 fully saturated rings. The van der Waals surface area contributed by atoms with Crippen LogP contribution in [0.1, 0.15) is 17.8 Å². The lowest BCUT2D eigenvalue weighted by molar-refractivity contribution is -0.184. The lowest BCUT2D eigenvalue weighted by atomic mass is 10.0. The zero-order chi connectivity index (χ0) is 15.6. The molecule has 118 valence electrons. The standard InChI is InChI=1S/C16H19ClN2O3/c1-19-9-8-18-15(19)6-7-16(21-11-14(10-20)22-16)12-2-4-13(17)5-3-12/h2-5,8-9,14,20H,6-7,10-11H2,1H3. The van der Waals surface area contributed by atoms with Crippen molar-refractivity contribution in [1.82, 2.24) is 9.55 Å². The zero-order valence-electron chi connectivity index (χ0n) is 12.4. The Morgan fingerprint density at radius 3 is 2.77 bits per heavy atom. The highest BCUT2D eigenvalue weighted by Gasteiger charge is 2.42. The van der Waals surface area contributed by atoms with E-state index in [1.807, 2.05) is 42.1 Å². The van der Waals surface area contributed by atoms with Crippen LogP contribution in [-0.4, -0.2) is 34.0 Å². The highest BCUT2D eigenvalue weighted by molar-refractivity contribution is 6.30. The van der Waals surface area contributed by atoms with Crippen LogP contribution < -0.4 is 0 Å². The van der Waals surface area contributed by atoms with Gasteiger partial charge in [-0.2, -0.15) is 0 Å². The maximum Gasteiger partial charge on any atom is 0.195 e.